The molecule has 1 aromatic carbocycles. The largest absolute Gasteiger partial charge is 0.368 e. The summed E-state index contributed by atoms with van der Waals surface area (Å²) in [5, 5.41) is 0. The predicted molar refractivity (Wildman–Crippen MR) is 81.4 cm³/mol. The zero-order valence-corrected chi connectivity index (χ0v) is 12.9. The van der Waals surface area contributed by atoms with Crippen LogP contribution in [0, 0.1) is 0 Å². The van der Waals surface area contributed by atoms with Crippen molar-refractivity contribution in [2.45, 2.75) is 30.2 Å². The fraction of sp³-hybridized carbons (Fsp3) is 0.571. The Balaban J connectivity index is 2.18. The number of nitrogens with two attached hydrogens (primary N) is 1. The lowest BCUT2D eigenvalue weighted by atomic mass is 10.2. The van der Waals surface area contributed by atoms with Crippen molar-refractivity contribution in [3.63, 3.8) is 0 Å². The summed E-state index contributed by atoms with van der Waals surface area (Å²) in [4.78, 5) is 2.67. The molecule has 2 N–H and O–H groups in total. The van der Waals surface area contributed by atoms with Crippen LogP contribution in [0.1, 0.15) is 19.3 Å². The Morgan fingerprint density at radius 2 is 1.80 bits per heavy atom. The van der Waals surface area contributed by atoms with E-state index >= 15 is 0 Å². The van der Waals surface area contributed by atoms with Crippen LogP contribution >= 0.6 is 0 Å². The van der Waals surface area contributed by atoms with Crippen molar-refractivity contribution in [3.05, 3.63) is 24.3 Å². The highest BCUT2D eigenvalue weighted by Gasteiger charge is 2.29. The van der Waals surface area contributed by atoms with Crippen LogP contribution in [0.25, 0.3) is 0 Å². The molecule has 1 fully saturated rings. The number of sulfonamides is 1. The molecule has 6 heteroatoms. The van der Waals surface area contributed by atoms with E-state index in [1.165, 1.54) is 17.1 Å². The Hall–Kier alpha value is -1.11. The van der Waals surface area contributed by atoms with Gasteiger partial charge in [-0.1, -0.05) is 0 Å². The van der Waals surface area contributed by atoms with Gasteiger partial charge in [0.2, 0.25) is 10.0 Å². The number of rotatable bonds is 7. The van der Waals surface area contributed by atoms with Gasteiger partial charge in [-0.2, -0.15) is 0 Å². The molecule has 0 aliphatic heterocycles. The lowest BCUT2D eigenvalue weighted by molar-refractivity contribution is 0.521. The van der Waals surface area contributed by atoms with Crippen molar-refractivity contribution in [1.29, 1.82) is 0 Å². The van der Waals surface area contributed by atoms with Gasteiger partial charge in [0.25, 0.3) is 0 Å². The lowest BCUT2D eigenvalue weighted by Crippen LogP contribution is -2.28. The van der Waals surface area contributed by atoms with Crippen molar-refractivity contribution in [3.8, 4) is 0 Å². The molecule has 0 atom stereocenters. The topological polar surface area (TPSA) is 66.6 Å². The Kier molecular flexibility index (Phi) is 4.67. The molecular weight excluding hydrogens is 274 g/mol. The molecule has 0 saturated heterocycles. The van der Waals surface area contributed by atoms with E-state index in [1.807, 2.05) is 12.1 Å². The van der Waals surface area contributed by atoms with Crippen LogP contribution in [0.5, 0.6) is 0 Å². The van der Waals surface area contributed by atoms with Gasteiger partial charge in [0.15, 0.2) is 0 Å². The SMILES string of the molecule is CN(C)S(=O)(=O)c1ccc(N(CCCN)C2CC2)cc1. The minimum absolute atomic E-state index is 0.334. The van der Waals surface area contributed by atoms with E-state index < -0.39 is 10.0 Å². The molecule has 0 spiro atoms. The van der Waals surface area contributed by atoms with Gasteiger partial charge in [-0.3, -0.25) is 0 Å². The van der Waals surface area contributed by atoms with Gasteiger partial charge < -0.3 is 10.6 Å². The molecule has 0 amide bonds. The van der Waals surface area contributed by atoms with Crippen molar-refractivity contribution >= 4 is 15.7 Å². The van der Waals surface area contributed by atoms with Gasteiger partial charge in [0, 0.05) is 32.4 Å². The summed E-state index contributed by atoms with van der Waals surface area (Å²) in [6.45, 7) is 1.61. The zero-order valence-electron chi connectivity index (χ0n) is 12.1. The van der Waals surface area contributed by atoms with Gasteiger partial charge in [-0.25, -0.2) is 12.7 Å². The zero-order chi connectivity index (χ0) is 14.8. The highest BCUT2D eigenvalue weighted by Crippen LogP contribution is 2.32. The molecule has 0 bridgehead atoms. The maximum atomic E-state index is 12.0. The van der Waals surface area contributed by atoms with Crippen LogP contribution in [0.2, 0.25) is 0 Å². The third-order valence-electron chi connectivity index (χ3n) is 3.54. The van der Waals surface area contributed by atoms with Crippen LogP contribution in [0.3, 0.4) is 0 Å². The highest BCUT2D eigenvalue weighted by atomic mass is 32.2. The van der Waals surface area contributed by atoms with Crippen LogP contribution in [0.4, 0.5) is 5.69 Å². The molecule has 1 saturated carbocycles. The maximum absolute atomic E-state index is 12.0. The van der Waals surface area contributed by atoms with Crippen molar-refractivity contribution in [2.75, 3.05) is 32.1 Å². The van der Waals surface area contributed by atoms with Crippen LogP contribution in [0.15, 0.2) is 29.2 Å². The smallest absolute Gasteiger partial charge is 0.242 e. The van der Waals surface area contributed by atoms with E-state index in [9.17, 15) is 8.42 Å². The maximum Gasteiger partial charge on any atom is 0.242 e. The molecule has 1 aliphatic carbocycles. The van der Waals surface area contributed by atoms with Gasteiger partial charge in [0.1, 0.15) is 0 Å². The standard InChI is InChI=1S/C14H23N3O2S/c1-16(2)20(18,19)14-8-6-13(7-9-14)17(11-3-10-15)12-4-5-12/h6-9,12H,3-5,10-11,15H2,1-2H3. The Bertz CT molecular complexity index is 536. The minimum atomic E-state index is -3.35. The molecular formula is C14H23N3O2S. The first kappa shape index (κ1) is 15.3. The Labute approximate surface area is 121 Å². The van der Waals surface area contributed by atoms with Gasteiger partial charge >= 0.3 is 0 Å². The Morgan fingerprint density at radius 1 is 1.20 bits per heavy atom. The summed E-state index contributed by atoms with van der Waals surface area (Å²) in [7, 11) is -0.261. The van der Waals surface area contributed by atoms with Gasteiger partial charge in [0.05, 0.1) is 4.90 Å². The second kappa shape index (κ2) is 6.11. The third-order valence-corrected chi connectivity index (χ3v) is 5.37. The molecule has 0 aromatic heterocycles. The summed E-state index contributed by atoms with van der Waals surface area (Å²) in [6, 6.07) is 7.75. The summed E-state index contributed by atoms with van der Waals surface area (Å²) in [5.41, 5.74) is 6.66. The summed E-state index contributed by atoms with van der Waals surface area (Å²) >= 11 is 0. The quantitative estimate of drug-likeness (QED) is 0.822. The first-order chi connectivity index (χ1) is 9.46. The van der Waals surface area contributed by atoms with Crippen molar-refractivity contribution < 1.29 is 8.42 Å². The number of nitrogens with zero attached hydrogens (tertiary/aromatic N) is 2. The molecule has 5 nitrogen and oxygen atoms in total. The van der Waals surface area contributed by atoms with Crippen LogP contribution in [-0.2, 0) is 10.0 Å². The first-order valence-corrected chi connectivity index (χ1v) is 8.40. The Morgan fingerprint density at radius 3 is 2.25 bits per heavy atom. The minimum Gasteiger partial charge on any atom is -0.368 e. The molecule has 1 aromatic rings. The normalized spacial score (nSPS) is 15.6. The second-order valence-corrected chi connectivity index (χ2v) is 7.50. The fourth-order valence-corrected chi connectivity index (χ4v) is 3.09. The lowest BCUT2D eigenvalue weighted by Gasteiger charge is -2.25. The summed E-state index contributed by atoms with van der Waals surface area (Å²) in [6.07, 6.45) is 3.37. The molecule has 2 rings (SSSR count). The summed E-state index contributed by atoms with van der Waals surface area (Å²) in [5.74, 6) is 0. The van der Waals surface area contributed by atoms with Crippen LogP contribution < -0.4 is 10.6 Å². The average molecular weight is 297 g/mol. The monoisotopic (exact) mass is 297 g/mol. The first-order valence-electron chi connectivity index (χ1n) is 6.96. The van der Waals surface area contributed by atoms with Gasteiger partial charge in [-0.05, 0) is 50.1 Å². The predicted octanol–water partition coefficient (Wildman–Crippen LogP) is 1.25. The fourth-order valence-electron chi connectivity index (χ4n) is 2.19. The van der Waals surface area contributed by atoms with E-state index in [1.54, 1.807) is 26.2 Å². The number of anilines is 1. The molecule has 112 valence electrons. The van der Waals surface area contributed by atoms with E-state index in [0.717, 1.165) is 18.7 Å². The highest BCUT2D eigenvalue weighted by molar-refractivity contribution is 7.89. The third kappa shape index (κ3) is 3.31. The van der Waals surface area contributed by atoms with Crippen LogP contribution in [-0.4, -0.2) is 45.9 Å². The molecule has 0 unspecified atom stereocenters. The van der Waals surface area contributed by atoms with E-state index in [0.29, 0.717) is 17.5 Å². The number of hydrogen-bond donors (Lipinski definition) is 1. The number of benzene rings is 1. The average Bonchev–Trinajstić information content (AvgIpc) is 3.24. The van der Waals surface area contributed by atoms with Crippen molar-refractivity contribution in [1.82, 2.24) is 4.31 Å². The van der Waals surface area contributed by atoms with E-state index in [-0.39, 0.29) is 0 Å². The number of hydrogen-bond acceptors (Lipinski definition) is 4. The van der Waals surface area contributed by atoms with E-state index in [4.69, 9.17) is 5.73 Å². The van der Waals surface area contributed by atoms with Crippen molar-refractivity contribution in [2.24, 2.45) is 5.73 Å². The molecule has 20 heavy (non-hydrogen) atoms. The molecule has 0 heterocycles. The van der Waals surface area contributed by atoms with Gasteiger partial charge in [-0.15, -0.1) is 0 Å². The van der Waals surface area contributed by atoms with E-state index in [2.05, 4.69) is 4.90 Å². The summed E-state index contributed by atoms with van der Waals surface area (Å²) < 4.78 is 25.3. The molecule has 0 radical (unpaired) electrons. The molecule has 1 aliphatic rings. The second-order valence-electron chi connectivity index (χ2n) is 5.35.